The van der Waals surface area contributed by atoms with Crippen LogP contribution in [0, 0.1) is 25.3 Å². The second-order valence-corrected chi connectivity index (χ2v) is 11.0. The number of hydrogen-bond donors (Lipinski definition) is 2. The van der Waals surface area contributed by atoms with Gasteiger partial charge in [0.25, 0.3) is 11.8 Å². The van der Waals surface area contributed by atoms with Gasteiger partial charge in [-0.3, -0.25) is 14.5 Å². The monoisotopic (exact) mass is 527 g/mol. The summed E-state index contributed by atoms with van der Waals surface area (Å²) >= 11 is 0. The van der Waals surface area contributed by atoms with Gasteiger partial charge in [0, 0.05) is 11.7 Å². The molecule has 3 aromatic rings. The van der Waals surface area contributed by atoms with E-state index < -0.39 is 35.6 Å². The molecular weight excluding hydrogens is 490 g/mol. The van der Waals surface area contributed by atoms with Crippen LogP contribution in [-0.2, 0) is 14.3 Å². The van der Waals surface area contributed by atoms with Crippen LogP contribution in [-0.4, -0.2) is 34.5 Å². The normalized spacial score (nSPS) is 12.8. The van der Waals surface area contributed by atoms with Gasteiger partial charge >= 0.3 is 6.09 Å². The van der Waals surface area contributed by atoms with E-state index in [1.165, 1.54) is 0 Å². The Hall–Kier alpha value is -4.31. The van der Waals surface area contributed by atoms with Crippen LogP contribution in [0.2, 0.25) is 0 Å². The van der Waals surface area contributed by atoms with Crippen LogP contribution in [0.3, 0.4) is 0 Å². The number of carbonyl (C=O) groups is 3. The van der Waals surface area contributed by atoms with Crippen molar-refractivity contribution in [3.05, 3.63) is 77.9 Å². The number of fused-ring (bicyclic) bond motifs is 1. The second kappa shape index (κ2) is 12.5. The van der Waals surface area contributed by atoms with Gasteiger partial charge in [-0.1, -0.05) is 80.4 Å². The number of aryl methyl sites for hydroxylation is 1. The zero-order valence-electron chi connectivity index (χ0n) is 23.4. The van der Waals surface area contributed by atoms with Gasteiger partial charge in [-0.25, -0.2) is 4.79 Å². The summed E-state index contributed by atoms with van der Waals surface area (Å²) in [7, 11) is 0. The molecule has 3 rings (SSSR count). The number of terminal acetylenes is 1. The van der Waals surface area contributed by atoms with E-state index in [0.29, 0.717) is 17.7 Å². The first-order chi connectivity index (χ1) is 18.4. The fourth-order valence-electron chi connectivity index (χ4n) is 4.22. The lowest BCUT2D eigenvalue weighted by atomic mass is 9.99. The molecule has 7 heteroatoms. The number of nitrogens with zero attached hydrogens (tertiary/aromatic N) is 1. The Balaban J connectivity index is 1.96. The summed E-state index contributed by atoms with van der Waals surface area (Å²) in [4.78, 5) is 41.3. The summed E-state index contributed by atoms with van der Waals surface area (Å²) in [6, 6.07) is 21.0. The minimum absolute atomic E-state index is 0.0535. The second-order valence-electron chi connectivity index (χ2n) is 11.0. The Kier molecular flexibility index (Phi) is 9.37. The molecular formula is C32H37N3O4. The summed E-state index contributed by atoms with van der Waals surface area (Å²) in [5, 5.41) is 7.59. The number of rotatable bonds is 8. The summed E-state index contributed by atoms with van der Waals surface area (Å²) in [5.74, 6) is -0.991. The Morgan fingerprint density at radius 3 is 2.21 bits per heavy atom. The summed E-state index contributed by atoms with van der Waals surface area (Å²) in [6.07, 6.45) is 5.46. The van der Waals surface area contributed by atoms with Crippen LogP contribution in [0.25, 0.3) is 10.8 Å². The van der Waals surface area contributed by atoms with Gasteiger partial charge in [0.15, 0.2) is 0 Å². The molecule has 0 heterocycles. The first-order valence-corrected chi connectivity index (χ1v) is 13.0. The van der Waals surface area contributed by atoms with E-state index in [1.54, 1.807) is 39.0 Å². The van der Waals surface area contributed by atoms with Crippen LogP contribution in [0.1, 0.15) is 58.2 Å². The zero-order chi connectivity index (χ0) is 28.7. The van der Waals surface area contributed by atoms with E-state index in [9.17, 15) is 14.4 Å². The number of nitrogens with one attached hydrogen (secondary N) is 2. The largest absolute Gasteiger partial charge is 0.444 e. The van der Waals surface area contributed by atoms with Crippen LogP contribution in [0.4, 0.5) is 10.5 Å². The van der Waals surface area contributed by atoms with Crippen molar-refractivity contribution in [3.8, 4) is 12.5 Å². The average molecular weight is 528 g/mol. The third-order valence-corrected chi connectivity index (χ3v) is 5.99. The summed E-state index contributed by atoms with van der Waals surface area (Å²) < 4.78 is 5.38. The minimum Gasteiger partial charge on any atom is -0.444 e. The highest BCUT2D eigenvalue weighted by molar-refractivity contribution is 6.01. The van der Waals surface area contributed by atoms with Crippen LogP contribution in [0.5, 0.6) is 0 Å². The van der Waals surface area contributed by atoms with Gasteiger partial charge in [-0.2, -0.15) is 0 Å². The van der Waals surface area contributed by atoms with E-state index in [1.807, 2.05) is 69.3 Å². The molecule has 0 radical (unpaired) electrons. The van der Waals surface area contributed by atoms with E-state index in [4.69, 9.17) is 11.2 Å². The molecule has 0 saturated carbocycles. The number of ether oxygens (including phenoxy) is 1. The number of carbonyl (C=O) groups excluding carboxylic acids is 3. The lowest BCUT2D eigenvalue weighted by Gasteiger charge is -2.31. The Bertz CT molecular complexity index is 1370. The molecule has 204 valence electrons. The quantitative estimate of drug-likeness (QED) is 0.270. The van der Waals surface area contributed by atoms with E-state index in [0.717, 1.165) is 21.2 Å². The summed E-state index contributed by atoms with van der Waals surface area (Å²) in [6.45, 7) is 11.0. The van der Waals surface area contributed by atoms with Crippen molar-refractivity contribution < 1.29 is 19.1 Å². The maximum Gasteiger partial charge on any atom is 0.408 e. The van der Waals surface area contributed by atoms with Gasteiger partial charge in [0.05, 0.1) is 0 Å². The standard InChI is InChI=1S/C32H37N3O4/c1-8-35(30(37)27(19-21(2)3)34-31(38)39-32(5,6)7)28(24-15-13-22(4)14-16-24)29(36)33-26-18-17-23-11-9-10-12-25(23)20-26/h1,9-18,20-21,27-28H,19H2,2-7H3,(H,33,36)(H,34,38). The van der Waals surface area contributed by atoms with E-state index in [2.05, 4.69) is 16.7 Å². The molecule has 7 nitrogen and oxygen atoms in total. The van der Waals surface area contributed by atoms with Crippen molar-refractivity contribution in [1.82, 2.24) is 10.2 Å². The first-order valence-electron chi connectivity index (χ1n) is 13.0. The van der Waals surface area contributed by atoms with Crippen molar-refractivity contribution in [2.75, 3.05) is 5.32 Å². The number of alkyl carbamates (subject to hydrolysis) is 1. The number of hydrogen-bond acceptors (Lipinski definition) is 4. The molecule has 0 bridgehead atoms. The third-order valence-electron chi connectivity index (χ3n) is 5.99. The van der Waals surface area contributed by atoms with Gasteiger partial charge in [-0.05, 0) is 68.5 Å². The predicted molar refractivity (Wildman–Crippen MR) is 155 cm³/mol. The average Bonchev–Trinajstić information content (AvgIpc) is 2.85. The van der Waals surface area contributed by atoms with Crippen molar-refractivity contribution in [2.45, 2.75) is 65.6 Å². The number of anilines is 1. The van der Waals surface area contributed by atoms with Crippen LogP contribution in [0.15, 0.2) is 66.7 Å². The molecule has 2 N–H and O–H groups in total. The third kappa shape index (κ3) is 8.08. The van der Waals surface area contributed by atoms with Gasteiger partial charge in [0.1, 0.15) is 17.7 Å². The van der Waals surface area contributed by atoms with Crippen molar-refractivity contribution >= 4 is 34.4 Å². The molecule has 0 aliphatic carbocycles. The van der Waals surface area contributed by atoms with Gasteiger partial charge in [-0.15, -0.1) is 0 Å². The van der Waals surface area contributed by atoms with Crippen molar-refractivity contribution in [2.24, 2.45) is 5.92 Å². The molecule has 2 unspecified atom stereocenters. The smallest absolute Gasteiger partial charge is 0.408 e. The molecule has 0 saturated heterocycles. The highest BCUT2D eigenvalue weighted by Gasteiger charge is 2.36. The highest BCUT2D eigenvalue weighted by Crippen LogP contribution is 2.26. The number of amides is 3. The fraction of sp³-hybridized carbons (Fsp3) is 0.344. The molecule has 3 aromatic carbocycles. The molecule has 0 spiro atoms. The molecule has 3 amide bonds. The lowest BCUT2D eigenvalue weighted by molar-refractivity contribution is -0.137. The number of benzene rings is 3. The molecule has 39 heavy (non-hydrogen) atoms. The molecule has 0 fully saturated rings. The molecule has 0 aliphatic rings. The topological polar surface area (TPSA) is 87.7 Å². The fourth-order valence-corrected chi connectivity index (χ4v) is 4.22. The van der Waals surface area contributed by atoms with Crippen molar-refractivity contribution in [3.63, 3.8) is 0 Å². The SMILES string of the molecule is C#CN(C(=O)C(CC(C)C)NC(=O)OC(C)(C)C)C(C(=O)Nc1ccc2ccccc2c1)c1ccc(C)cc1. The van der Waals surface area contributed by atoms with Crippen molar-refractivity contribution in [1.29, 1.82) is 0 Å². The maximum absolute atomic E-state index is 13.9. The Morgan fingerprint density at radius 2 is 1.62 bits per heavy atom. The predicted octanol–water partition coefficient (Wildman–Crippen LogP) is 6.19. The maximum atomic E-state index is 13.9. The molecule has 0 aliphatic heterocycles. The molecule has 0 aromatic heterocycles. The minimum atomic E-state index is -1.13. The van der Waals surface area contributed by atoms with Crippen LogP contribution >= 0.6 is 0 Å². The lowest BCUT2D eigenvalue weighted by Crippen LogP contribution is -2.51. The molecule has 2 atom stereocenters. The van der Waals surface area contributed by atoms with E-state index >= 15 is 0 Å². The van der Waals surface area contributed by atoms with Gasteiger partial charge in [0.2, 0.25) is 0 Å². The zero-order valence-corrected chi connectivity index (χ0v) is 23.4. The van der Waals surface area contributed by atoms with E-state index in [-0.39, 0.29) is 5.92 Å². The Labute approximate surface area is 230 Å². The highest BCUT2D eigenvalue weighted by atomic mass is 16.6. The van der Waals surface area contributed by atoms with Crippen LogP contribution < -0.4 is 10.6 Å². The van der Waals surface area contributed by atoms with Gasteiger partial charge < -0.3 is 15.4 Å². The first kappa shape index (κ1) is 29.2. The summed E-state index contributed by atoms with van der Waals surface area (Å²) in [5.41, 5.74) is 1.37. The Morgan fingerprint density at radius 1 is 0.974 bits per heavy atom.